The number of nitrogens with one attached hydrogen (secondary N) is 2. The van der Waals surface area contributed by atoms with Crippen molar-refractivity contribution in [2.45, 2.75) is 26.7 Å². The molecule has 0 aliphatic rings. The molecule has 4 heteroatoms. The van der Waals surface area contributed by atoms with E-state index in [0.717, 1.165) is 29.8 Å². The van der Waals surface area contributed by atoms with Gasteiger partial charge >= 0.3 is 6.03 Å². The van der Waals surface area contributed by atoms with E-state index in [-0.39, 0.29) is 6.03 Å². The number of rotatable bonds is 5. The molecule has 0 fully saturated rings. The molecule has 17 heavy (non-hydrogen) atoms. The van der Waals surface area contributed by atoms with E-state index in [2.05, 4.69) is 17.6 Å². The number of hydrogen-bond acceptors (Lipinski definition) is 2. The number of urea groups is 1. The summed E-state index contributed by atoms with van der Waals surface area (Å²) < 4.78 is 5.23. The van der Waals surface area contributed by atoms with Crippen LogP contribution in [0.1, 0.15) is 25.8 Å². The molecule has 1 aromatic rings. The van der Waals surface area contributed by atoms with Crippen LogP contribution in [0.25, 0.3) is 0 Å². The molecule has 0 bridgehead atoms. The van der Waals surface area contributed by atoms with Crippen molar-refractivity contribution in [1.29, 1.82) is 0 Å². The van der Waals surface area contributed by atoms with Crippen LogP contribution in [0.5, 0.6) is 5.75 Å². The highest BCUT2D eigenvalue weighted by Gasteiger charge is 2.05. The Labute approximate surface area is 102 Å². The van der Waals surface area contributed by atoms with Crippen molar-refractivity contribution in [2.75, 3.05) is 19.0 Å². The van der Waals surface area contributed by atoms with Gasteiger partial charge in [0.1, 0.15) is 5.75 Å². The molecule has 94 valence electrons. The molecule has 1 aromatic carbocycles. The van der Waals surface area contributed by atoms with Crippen LogP contribution in [0.3, 0.4) is 0 Å². The maximum Gasteiger partial charge on any atom is 0.319 e. The minimum absolute atomic E-state index is 0.168. The summed E-state index contributed by atoms with van der Waals surface area (Å²) in [4.78, 5) is 11.5. The fourth-order valence-corrected chi connectivity index (χ4v) is 1.55. The van der Waals surface area contributed by atoms with Crippen molar-refractivity contribution < 1.29 is 9.53 Å². The fraction of sp³-hybridized carbons (Fsp3) is 0.462. The molecule has 0 aliphatic carbocycles. The van der Waals surface area contributed by atoms with Gasteiger partial charge in [-0.15, -0.1) is 0 Å². The summed E-state index contributed by atoms with van der Waals surface area (Å²) in [7, 11) is 1.65. The third-order valence-corrected chi connectivity index (χ3v) is 2.45. The smallest absolute Gasteiger partial charge is 0.319 e. The van der Waals surface area contributed by atoms with Gasteiger partial charge in [0.15, 0.2) is 0 Å². The number of methoxy groups -OCH3 is 1. The van der Waals surface area contributed by atoms with Gasteiger partial charge in [0.05, 0.1) is 7.11 Å². The van der Waals surface area contributed by atoms with Gasteiger partial charge in [-0.3, -0.25) is 0 Å². The van der Waals surface area contributed by atoms with Crippen LogP contribution < -0.4 is 15.4 Å². The predicted octanol–water partition coefficient (Wildman–Crippen LogP) is 2.79. The minimum atomic E-state index is -0.168. The van der Waals surface area contributed by atoms with E-state index in [4.69, 9.17) is 4.74 Å². The summed E-state index contributed by atoms with van der Waals surface area (Å²) in [6, 6.07) is 5.47. The Morgan fingerprint density at radius 2 is 2.12 bits per heavy atom. The zero-order chi connectivity index (χ0) is 12.7. The molecular weight excluding hydrogens is 216 g/mol. The lowest BCUT2D eigenvalue weighted by molar-refractivity contribution is 0.252. The van der Waals surface area contributed by atoms with E-state index in [1.165, 1.54) is 0 Å². The lowest BCUT2D eigenvalue weighted by atomic mass is 10.1. The Morgan fingerprint density at radius 3 is 2.71 bits per heavy atom. The van der Waals surface area contributed by atoms with Crippen LogP contribution in [0.4, 0.5) is 10.5 Å². The fourth-order valence-electron chi connectivity index (χ4n) is 1.55. The number of hydrogen-bond donors (Lipinski definition) is 2. The summed E-state index contributed by atoms with van der Waals surface area (Å²) in [5.41, 5.74) is 1.87. The molecule has 0 atom stereocenters. The average molecular weight is 236 g/mol. The van der Waals surface area contributed by atoms with Crippen LogP contribution in [-0.4, -0.2) is 19.7 Å². The van der Waals surface area contributed by atoms with Crippen molar-refractivity contribution in [2.24, 2.45) is 0 Å². The first-order valence-electron chi connectivity index (χ1n) is 5.93. The van der Waals surface area contributed by atoms with E-state index in [1.807, 2.05) is 25.1 Å². The van der Waals surface area contributed by atoms with Crippen molar-refractivity contribution in [3.05, 3.63) is 23.8 Å². The van der Waals surface area contributed by atoms with Crippen molar-refractivity contribution in [3.8, 4) is 5.75 Å². The third-order valence-electron chi connectivity index (χ3n) is 2.45. The van der Waals surface area contributed by atoms with E-state index >= 15 is 0 Å². The van der Waals surface area contributed by atoms with Crippen LogP contribution >= 0.6 is 0 Å². The lowest BCUT2D eigenvalue weighted by Gasteiger charge is -2.10. The molecular formula is C13H20N2O2. The van der Waals surface area contributed by atoms with Gasteiger partial charge < -0.3 is 15.4 Å². The SMILES string of the molecule is CCCNC(=O)Nc1ccc(OC)c(CC)c1. The number of amides is 2. The highest BCUT2D eigenvalue weighted by atomic mass is 16.5. The number of carbonyl (C=O) groups excluding carboxylic acids is 1. The van der Waals surface area contributed by atoms with Crippen molar-refractivity contribution in [1.82, 2.24) is 5.32 Å². The second-order valence-electron chi connectivity index (χ2n) is 3.76. The highest BCUT2D eigenvalue weighted by Crippen LogP contribution is 2.22. The number of benzene rings is 1. The maximum atomic E-state index is 11.5. The monoisotopic (exact) mass is 236 g/mol. The number of ether oxygens (including phenoxy) is 1. The Bertz CT molecular complexity index is 378. The Balaban J connectivity index is 2.68. The molecule has 0 spiro atoms. The van der Waals surface area contributed by atoms with Gasteiger partial charge in [-0.25, -0.2) is 4.79 Å². The topological polar surface area (TPSA) is 50.4 Å². The maximum absolute atomic E-state index is 11.5. The summed E-state index contributed by atoms with van der Waals surface area (Å²) in [6.45, 7) is 4.75. The second kappa shape index (κ2) is 6.78. The summed E-state index contributed by atoms with van der Waals surface area (Å²) in [5.74, 6) is 0.854. The summed E-state index contributed by atoms with van der Waals surface area (Å²) in [5, 5.41) is 5.56. The van der Waals surface area contributed by atoms with Gasteiger partial charge in [0, 0.05) is 12.2 Å². The second-order valence-corrected chi connectivity index (χ2v) is 3.76. The third kappa shape index (κ3) is 3.98. The largest absolute Gasteiger partial charge is 0.496 e. The van der Waals surface area contributed by atoms with Crippen LogP contribution in [-0.2, 0) is 6.42 Å². The zero-order valence-electron chi connectivity index (χ0n) is 10.7. The Kier molecular flexibility index (Phi) is 5.33. The lowest BCUT2D eigenvalue weighted by Crippen LogP contribution is -2.29. The van der Waals surface area contributed by atoms with Crippen LogP contribution in [0.2, 0.25) is 0 Å². The van der Waals surface area contributed by atoms with Crippen LogP contribution in [0, 0.1) is 0 Å². The van der Waals surface area contributed by atoms with Gasteiger partial charge in [-0.1, -0.05) is 13.8 Å². The van der Waals surface area contributed by atoms with E-state index < -0.39 is 0 Å². The van der Waals surface area contributed by atoms with Crippen molar-refractivity contribution >= 4 is 11.7 Å². The Hall–Kier alpha value is -1.71. The summed E-state index contributed by atoms with van der Waals surface area (Å²) >= 11 is 0. The van der Waals surface area contributed by atoms with Gasteiger partial charge in [0.2, 0.25) is 0 Å². The molecule has 0 radical (unpaired) electrons. The van der Waals surface area contributed by atoms with Gasteiger partial charge in [-0.05, 0) is 36.6 Å². The van der Waals surface area contributed by atoms with E-state index in [9.17, 15) is 4.79 Å². The minimum Gasteiger partial charge on any atom is -0.496 e. The normalized spacial score (nSPS) is 9.82. The average Bonchev–Trinajstić information content (AvgIpc) is 2.36. The standard InChI is InChI=1S/C13H20N2O2/c1-4-8-14-13(16)15-11-6-7-12(17-3)10(5-2)9-11/h6-7,9H,4-5,8H2,1-3H3,(H2,14,15,16). The number of aryl methyl sites for hydroxylation is 1. The molecule has 2 N–H and O–H groups in total. The molecule has 0 aromatic heterocycles. The molecule has 0 saturated heterocycles. The molecule has 1 rings (SSSR count). The van der Waals surface area contributed by atoms with Gasteiger partial charge in [-0.2, -0.15) is 0 Å². The van der Waals surface area contributed by atoms with Gasteiger partial charge in [0.25, 0.3) is 0 Å². The molecule has 0 saturated carbocycles. The first-order chi connectivity index (χ1) is 8.21. The molecule has 2 amide bonds. The molecule has 4 nitrogen and oxygen atoms in total. The number of anilines is 1. The first kappa shape index (κ1) is 13.4. The molecule has 0 heterocycles. The predicted molar refractivity (Wildman–Crippen MR) is 69.7 cm³/mol. The van der Waals surface area contributed by atoms with E-state index in [1.54, 1.807) is 7.11 Å². The molecule has 0 unspecified atom stereocenters. The van der Waals surface area contributed by atoms with E-state index in [0.29, 0.717) is 6.54 Å². The zero-order valence-corrected chi connectivity index (χ0v) is 10.7. The first-order valence-corrected chi connectivity index (χ1v) is 5.93. The quantitative estimate of drug-likeness (QED) is 0.826. The van der Waals surface area contributed by atoms with Crippen molar-refractivity contribution in [3.63, 3.8) is 0 Å². The van der Waals surface area contributed by atoms with Crippen LogP contribution in [0.15, 0.2) is 18.2 Å². The highest BCUT2D eigenvalue weighted by molar-refractivity contribution is 5.89. The Morgan fingerprint density at radius 1 is 1.35 bits per heavy atom. The molecule has 0 aliphatic heterocycles. The number of carbonyl (C=O) groups is 1. The summed E-state index contributed by atoms with van der Waals surface area (Å²) in [6.07, 6.45) is 1.80.